The molecule has 2 N–H and O–H groups in total. The first-order valence-corrected chi connectivity index (χ1v) is 6.78. The van der Waals surface area contributed by atoms with Gasteiger partial charge < -0.3 is 14.9 Å². The van der Waals surface area contributed by atoms with Crippen LogP contribution in [0.1, 0.15) is 18.9 Å². The van der Waals surface area contributed by atoms with E-state index in [0.29, 0.717) is 17.7 Å². The third kappa shape index (κ3) is 2.33. The molecule has 1 saturated heterocycles. The third-order valence-electron chi connectivity index (χ3n) is 3.48. The van der Waals surface area contributed by atoms with E-state index in [1.54, 1.807) is 0 Å². The second kappa shape index (κ2) is 5.01. The summed E-state index contributed by atoms with van der Waals surface area (Å²) in [5, 5.41) is 2.91. The summed E-state index contributed by atoms with van der Waals surface area (Å²) in [7, 11) is 0. The smallest absolute Gasteiger partial charge is 0.220 e. The third-order valence-corrected chi connectivity index (χ3v) is 3.80. The number of amides is 1. The Hall–Kier alpha value is -1.88. The quantitative estimate of drug-likeness (QED) is 0.826. The normalized spacial score (nSPS) is 19.2. The van der Waals surface area contributed by atoms with E-state index in [2.05, 4.69) is 27.0 Å². The van der Waals surface area contributed by atoms with Crippen molar-refractivity contribution in [3.05, 3.63) is 41.3 Å². The zero-order valence-electron chi connectivity index (χ0n) is 10.4. The highest BCUT2D eigenvalue weighted by atomic mass is 32.1. The lowest BCUT2D eigenvalue weighted by atomic mass is 10.1. The maximum absolute atomic E-state index is 11.3. The fourth-order valence-corrected chi connectivity index (χ4v) is 2.82. The van der Waals surface area contributed by atoms with Crippen LogP contribution in [-0.4, -0.2) is 22.0 Å². The molecule has 1 aromatic heterocycles. The predicted octanol–water partition coefficient (Wildman–Crippen LogP) is 2.66. The van der Waals surface area contributed by atoms with E-state index in [0.717, 1.165) is 17.7 Å². The lowest BCUT2D eigenvalue weighted by Gasteiger charge is -2.25. The van der Waals surface area contributed by atoms with Crippen LogP contribution in [0.4, 0.5) is 0 Å². The number of nitrogens with zero attached hydrogens (tertiary/aromatic N) is 1. The number of aromatic amines is 1. The maximum Gasteiger partial charge on any atom is 0.220 e. The van der Waals surface area contributed by atoms with Crippen molar-refractivity contribution < 1.29 is 4.79 Å². The molecule has 0 radical (unpaired) electrons. The average Bonchev–Trinajstić information content (AvgIpc) is 2.83. The molecule has 0 saturated carbocycles. The summed E-state index contributed by atoms with van der Waals surface area (Å²) >= 11 is 5.38. The Morgan fingerprint density at radius 3 is 2.74 bits per heavy atom. The van der Waals surface area contributed by atoms with Crippen molar-refractivity contribution in [1.82, 2.24) is 14.9 Å². The summed E-state index contributed by atoms with van der Waals surface area (Å²) in [5.41, 5.74) is 2.21. The molecule has 1 aromatic carbocycles. The zero-order valence-corrected chi connectivity index (χ0v) is 11.2. The molecule has 0 spiro atoms. The predicted molar refractivity (Wildman–Crippen MR) is 76.3 cm³/mol. The fraction of sp³-hybridized carbons (Fsp3) is 0.286. The van der Waals surface area contributed by atoms with Crippen molar-refractivity contribution >= 4 is 18.1 Å². The number of aromatic nitrogens is 2. The van der Waals surface area contributed by atoms with Crippen LogP contribution in [0, 0.1) is 4.77 Å². The maximum atomic E-state index is 11.3. The van der Waals surface area contributed by atoms with Crippen molar-refractivity contribution in [1.29, 1.82) is 0 Å². The van der Waals surface area contributed by atoms with Gasteiger partial charge in [0, 0.05) is 19.2 Å². The molecule has 2 heterocycles. The number of nitrogens with one attached hydrogen (secondary N) is 2. The summed E-state index contributed by atoms with van der Waals surface area (Å²) in [6, 6.07) is 10.4. The standard InChI is InChI=1S/C14H15N3OS/c18-13-7-6-11(8-15-13)17-12(9-16-14(17)19)10-4-2-1-3-5-10/h1-5,9,11H,6-8H2,(H,15,18)(H,16,19). The summed E-state index contributed by atoms with van der Waals surface area (Å²) in [5.74, 6) is 0.125. The molecule has 1 amide bonds. The number of carbonyl (C=O) groups excluding carboxylic acids is 1. The van der Waals surface area contributed by atoms with Crippen molar-refractivity contribution in [2.75, 3.05) is 6.54 Å². The molecule has 1 atom stereocenters. The summed E-state index contributed by atoms with van der Waals surface area (Å²) < 4.78 is 2.82. The van der Waals surface area contributed by atoms with Crippen molar-refractivity contribution in [3.63, 3.8) is 0 Å². The number of imidazole rings is 1. The molecule has 5 heteroatoms. The second-order valence-electron chi connectivity index (χ2n) is 4.71. The average molecular weight is 273 g/mol. The van der Waals surface area contributed by atoms with Crippen LogP contribution < -0.4 is 5.32 Å². The summed E-state index contributed by atoms with van der Waals surface area (Å²) in [6.07, 6.45) is 3.33. The van der Waals surface area contributed by atoms with Crippen molar-refractivity contribution in [2.24, 2.45) is 0 Å². The largest absolute Gasteiger partial charge is 0.354 e. The van der Waals surface area contributed by atoms with E-state index < -0.39 is 0 Å². The van der Waals surface area contributed by atoms with Gasteiger partial charge in [0.1, 0.15) is 0 Å². The Labute approximate surface area is 116 Å². The van der Waals surface area contributed by atoms with E-state index in [-0.39, 0.29) is 11.9 Å². The van der Waals surface area contributed by atoms with Gasteiger partial charge in [-0.3, -0.25) is 4.79 Å². The zero-order chi connectivity index (χ0) is 13.2. The molecule has 1 unspecified atom stereocenters. The number of benzene rings is 1. The molecule has 1 fully saturated rings. The minimum Gasteiger partial charge on any atom is -0.354 e. The lowest BCUT2D eigenvalue weighted by Crippen LogP contribution is -2.36. The number of piperidine rings is 1. The van der Waals surface area contributed by atoms with E-state index in [1.807, 2.05) is 24.4 Å². The van der Waals surface area contributed by atoms with Gasteiger partial charge in [-0.1, -0.05) is 30.3 Å². The highest BCUT2D eigenvalue weighted by Gasteiger charge is 2.22. The van der Waals surface area contributed by atoms with Gasteiger partial charge in [-0.25, -0.2) is 0 Å². The monoisotopic (exact) mass is 273 g/mol. The molecular weight excluding hydrogens is 258 g/mol. The topological polar surface area (TPSA) is 49.8 Å². The first kappa shape index (κ1) is 12.2. The van der Waals surface area contributed by atoms with Crippen LogP contribution in [0.5, 0.6) is 0 Å². The molecule has 0 aliphatic carbocycles. The highest BCUT2D eigenvalue weighted by Crippen LogP contribution is 2.26. The molecule has 1 aliphatic rings. The fourth-order valence-electron chi connectivity index (χ4n) is 2.51. The number of hydrogen-bond donors (Lipinski definition) is 2. The Bertz CT molecular complexity index is 634. The van der Waals surface area contributed by atoms with Gasteiger partial charge in [0.25, 0.3) is 0 Å². The summed E-state index contributed by atoms with van der Waals surface area (Å²) in [6.45, 7) is 0.644. The van der Waals surface area contributed by atoms with Gasteiger partial charge in [-0.05, 0) is 24.2 Å². The van der Waals surface area contributed by atoms with Crippen LogP contribution in [0.3, 0.4) is 0 Å². The van der Waals surface area contributed by atoms with Crippen molar-refractivity contribution in [2.45, 2.75) is 18.9 Å². The van der Waals surface area contributed by atoms with Crippen LogP contribution in [0.25, 0.3) is 11.3 Å². The number of hydrogen-bond acceptors (Lipinski definition) is 2. The molecule has 4 nitrogen and oxygen atoms in total. The van der Waals surface area contributed by atoms with E-state index >= 15 is 0 Å². The SMILES string of the molecule is O=C1CCC(n2c(-c3ccccc3)c[nH]c2=S)CN1. The number of rotatable bonds is 2. The van der Waals surface area contributed by atoms with Gasteiger partial charge in [-0.2, -0.15) is 0 Å². The van der Waals surface area contributed by atoms with E-state index in [4.69, 9.17) is 12.2 Å². The number of carbonyl (C=O) groups is 1. The Balaban J connectivity index is 2.00. The van der Waals surface area contributed by atoms with E-state index in [9.17, 15) is 4.79 Å². The highest BCUT2D eigenvalue weighted by molar-refractivity contribution is 7.71. The molecule has 0 bridgehead atoms. The van der Waals surface area contributed by atoms with Crippen LogP contribution in [0.2, 0.25) is 0 Å². The van der Waals surface area contributed by atoms with Crippen LogP contribution in [0.15, 0.2) is 36.5 Å². The van der Waals surface area contributed by atoms with Gasteiger partial charge >= 0.3 is 0 Å². The first-order chi connectivity index (χ1) is 9.25. The van der Waals surface area contributed by atoms with Gasteiger partial charge in [0.15, 0.2) is 4.77 Å². The molecule has 1 aliphatic heterocycles. The van der Waals surface area contributed by atoms with Crippen LogP contribution >= 0.6 is 12.2 Å². The lowest BCUT2D eigenvalue weighted by molar-refractivity contribution is -0.122. The Morgan fingerprint density at radius 2 is 2.05 bits per heavy atom. The van der Waals surface area contributed by atoms with Crippen molar-refractivity contribution in [3.8, 4) is 11.3 Å². The minimum absolute atomic E-state index is 0.125. The molecule has 19 heavy (non-hydrogen) atoms. The minimum atomic E-state index is 0.125. The number of H-pyrrole nitrogens is 1. The van der Waals surface area contributed by atoms with E-state index in [1.165, 1.54) is 0 Å². The van der Waals surface area contributed by atoms with Gasteiger partial charge in [0.05, 0.1) is 11.7 Å². The molecule has 3 rings (SSSR count). The molecule has 98 valence electrons. The Kier molecular flexibility index (Phi) is 3.21. The molecule has 2 aromatic rings. The summed E-state index contributed by atoms with van der Waals surface area (Å²) in [4.78, 5) is 14.4. The molecular formula is C14H15N3OS. The Morgan fingerprint density at radius 1 is 1.26 bits per heavy atom. The second-order valence-corrected chi connectivity index (χ2v) is 5.10. The first-order valence-electron chi connectivity index (χ1n) is 6.38. The van der Waals surface area contributed by atoms with Crippen LogP contribution in [-0.2, 0) is 4.79 Å². The van der Waals surface area contributed by atoms with Gasteiger partial charge in [-0.15, -0.1) is 0 Å². The van der Waals surface area contributed by atoms with Gasteiger partial charge in [0.2, 0.25) is 5.91 Å².